The zero-order valence-electron chi connectivity index (χ0n) is 12.3. The van der Waals surface area contributed by atoms with Crippen LogP contribution in [-0.2, 0) is 10.0 Å². The van der Waals surface area contributed by atoms with Gasteiger partial charge in [-0.2, -0.15) is 4.31 Å². The average molecular weight is 434 g/mol. The highest BCUT2D eigenvalue weighted by molar-refractivity contribution is 9.10. The van der Waals surface area contributed by atoms with E-state index < -0.39 is 10.0 Å². The Kier molecular flexibility index (Phi) is 6.98. The Balaban J connectivity index is 0.00000242. The molecule has 1 aliphatic rings. The number of nitrogens with zero attached hydrogens (tertiary/aromatic N) is 1. The van der Waals surface area contributed by atoms with Gasteiger partial charge in [0.25, 0.3) is 0 Å². The number of nitrogens with two attached hydrogens (primary N) is 1. The van der Waals surface area contributed by atoms with Crippen LogP contribution in [-0.4, -0.2) is 39.5 Å². The van der Waals surface area contributed by atoms with Crippen molar-refractivity contribution in [3.8, 4) is 5.75 Å². The van der Waals surface area contributed by atoms with Gasteiger partial charge in [0.2, 0.25) is 10.0 Å². The number of benzene rings is 1. The number of halogens is 3. The van der Waals surface area contributed by atoms with Gasteiger partial charge in [0.15, 0.2) is 5.75 Å². The predicted molar refractivity (Wildman–Crippen MR) is 93.5 cm³/mol. The third-order valence-electron chi connectivity index (χ3n) is 3.71. The molecule has 22 heavy (non-hydrogen) atoms. The molecule has 0 spiro atoms. The van der Waals surface area contributed by atoms with Gasteiger partial charge in [-0.15, -0.1) is 12.4 Å². The van der Waals surface area contributed by atoms with Crippen LogP contribution in [0, 0.1) is 5.92 Å². The van der Waals surface area contributed by atoms with Crippen molar-refractivity contribution < 1.29 is 13.2 Å². The van der Waals surface area contributed by atoms with Crippen LogP contribution in [0.25, 0.3) is 0 Å². The van der Waals surface area contributed by atoms with Crippen LogP contribution < -0.4 is 10.5 Å². The molecule has 1 saturated carbocycles. The van der Waals surface area contributed by atoms with Crippen LogP contribution in [0.15, 0.2) is 21.5 Å². The summed E-state index contributed by atoms with van der Waals surface area (Å²) in [5.74, 6) is 0.584. The maximum atomic E-state index is 12.9. The number of hydrogen-bond donors (Lipinski definition) is 1. The van der Waals surface area contributed by atoms with E-state index in [2.05, 4.69) is 15.9 Å². The Bertz CT molecular complexity index is 638. The van der Waals surface area contributed by atoms with Crippen LogP contribution in [0.2, 0.25) is 5.02 Å². The van der Waals surface area contributed by atoms with Gasteiger partial charge in [-0.3, -0.25) is 0 Å². The van der Waals surface area contributed by atoms with Crippen LogP contribution >= 0.6 is 39.9 Å². The Morgan fingerprint density at radius 1 is 1.50 bits per heavy atom. The molecule has 9 heteroatoms. The highest BCUT2D eigenvalue weighted by Crippen LogP contribution is 2.40. The van der Waals surface area contributed by atoms with E-state index >= 15 is 0 Å². The first-order valence-corrected chi connectivity index (χ1v) is 9.15. The smallest absolute Gasteiger partial charge is 0.246 e. The summed E-state index contributed by atoms with van der Waals surface area (Å²) in [5, 5.41) is 0.324. The third-order valence-corrected chi connectivity index (χ3v) is 6.41. The molecule has 126 valence electrons. The lowest BCUT2D eigenvalue weighted by atomic mass is 10.2. The molecular formula is C13H19BrCl2N2O3S. The van der Waals surface area contributed by atoms with Crippen molar-refractivity contribution in [1.29, 1.82) is 0 Å². The second-order valence-corrected chi connectivity index (χ2v) is 8.34. The van der Waals surface area contributed by atoms with Crippen LogP contribution in [0.5, 0.6) is 5.75 Å². The Morgan fingerprint density at radius 2 is 2.09 bits per heavy atom. The molecule has 0 radical (unpaired) electrons. The number of likely N-dealkylation sites (N-methyl/N-ethyl adjacent to an activating group) is 1. The van der Waals surface area contributed by atoms with E-state index in [9.17, 15) is 8.42 Å². The number of sulfonamides is 1. The van der Waals surface area contributed by atoms with Crippen molar-refractivity contribution in [3.05, 3.63) is 21.6 Å². The molecule has 0 aliphatic heterocycles. The lowest BCUT2D eigenvalue weighted by Crippen LogP contribution is -2.43. The summed E-state index contributed by atoms with van der Waals surface area (Å²) >= 11 is 9.26. The van der Waals surface area contributed by atoms with E-state index in [1.807, 2.05) is 0 Å². The minimum absolute atomic E-state index is 0. The second kappa shape index (κ2) is 7.68. The fourth-order valence-electron chi connectivity index (χ4n) is 2.38. The van der Waals surface area contributed by atoms with Crippen molar-refractivity contribution in [1.82, 2.24) is 4.31 Å². The van der Waals surface area contributed by atoms with E-state index in [0.29, 0.717) is 22.0 Å². The van der Waals surface area contributed by atoms with Gasteiger partial charge in [-0.1, -0.05) is 11.6 Å². The molecule has 0 amide bonds. The summed E-state index contributed by atoms with van der Waals surface area (Å²) in [6.45, 7) is 0.296. The zero-order valence-corrected chi connectivity index (χ0v) is 16.2. The molecule has 0 bridgehead atoms. The van der Waals surface area contributed by atoms with Crippen molar-refractivity contribution in [2.24, 2.45) is 11.7 Å². The second-order valence-electron chi connectivity index (χ2n) is 5.08. The first-order valence-electron chi connectivity index (χ1n) is 6.54. The van der Waals surface area contributed by atoms with Crippen molar-refractivity contribution in [2.75, 3.05) is 20.7 Å². The molecule has 0 heterocycles. The van der Waals surface area contributed by atoms with Gasteiger partial charge in [0.1, 0.15) is 4.90 Å². The monoisotopic (exact) mass is 432 g/mol. The first-order chi connectivity index (χ1) is 9.82. The normalized spacial score (nSPS) is 16.3. The third kappa shape index (κ3) is 3.88. The SMILES string of the molecule is COc1c(Br)cc(Cl)cc1S(=O)(=O)N(C)C(CN)C1CC1.Cl. The molecule has 2 N–H and O–H groups in total. The fraction of sp³-hybridized carbons (Fsp3) is 0.538. The lowest BCUT2D eigenvalue weighted by Gasteiger charge is -2.27. The molecule has 1 aromatic carbocycles. The van der Waals surface area contributed by atoms with Crippen molar-refractivity contribution >= 4 is 50.0 Å². The minimum atomic E-state index is -3.73. The molecule has 1 aromatic rings. The lowest BCUT2D eigenvalue weighted by molar-refractivity contribution is 0.337. The summed E-state index contributed by atoms with van der Waals surface area (Å²) < 4.78 is 32.8. The van der Waals surface area contributed by atoms with Gasteiger partial charge in [-0.05, 0) is 46.8 Å². The maximum Gasteiger partial charge on any atom is 0.246 e. The highest BCUT2D eigenvalue weighted by atomic mass is 79.9. The molecule has 1 fully saturated rings. The van der Waals surface area contributed by atoms with Crippen LogP contribution in [0.3, 0.4) is 0 Å². The maximum absolute atomic E-state index is 12.9. The number of hydrogen-bond acceptors (Lipinski definition) is 4. The van der Waals surface area contributed by atoms with Crippen LogP contribution in [0.4, 0.5) is 0 Å². The van der Waals surface area contributed by atoms with Gasteiger partial charge >= 0.3 is 0 Å². The fourth-order valence-corrected chi connectivity index (χ4v) is 5.18. The summed E-state index contributed by atoms with van der Waals surface area (Å²) in [6.07, 6.45) is 2.02. The van der Waals surface area contributed by atoms with Gasteiger partial charge in [0.05, 0.1) is 11.6 Å². The van der Waals surface area contributed by atoms with Crippen molar-refractivity contribution in [3.63, 3.8) is 0 Å². The van der Waals surface area contributed by atoms with E-state index in [-0.39, 0.29) is 29.1 Å². The molecular weight excluding hydrogens is 415 g/mol. The first kappa shape index (κ1) is 20.0. The highest BCUT2D eigenvalue weighted by Gasteiger charge is 2.39. The summed E-state index contributed by atoms with van der Waals surface area (Å²) in [7, 11) is -0.749. The average Bonchev–Trinajstić information content (AvgIpc) is 3.23. The number of rotatable bonds is 6. The summed E-state index contributed by atoms with van der Waals surface area (Å²) in [6, 6.07) is 2.80. The largest absolute Gasteiger partial charge is 0.494 e. The summed E-state index contributed by atoms with van der Waals surface area (Å²) in [5.41, 5.74) is 5.75. The molecule has 1 unspecified atom stereocenters. The summed E-state index contributed by atoms with van der Waals surface area (Å²) in [4.78, 5) is 0.0472. The molecule has 0 saturated heterocycles. The minimum Gasteiger partial charge on any atom is -0.494 e. The van der Waals surface area contributed by atoms with Gasteiger partial charge in [-0.25, -0.2) is 8.42 Å². The molecule has 0 aromatic heterocycles. The topological polar surface area (TPSA) is 72.6 Å². The molecule has 5 nitrogen and oxygen atoms in total. The molecule has 1 atom stereocenters. The molecule has 1 aliphatic carbocycles. The van der Waals surface area contributed by atoms with E-state index in [1.54, 1.807) is 13.1 Å². The number of ether oxygens (including phenoxy) is 1. The predicted octanol–water partition coefficient (Wildman–Crippen LogP) is 2.89. The standard InChI is InChI=1S/C13H18BrClN2O3S.ClH/c1-17(11(7-16)8-3-4-8)21(18,19)12-6-9(15)5-10(14)13(12)20-2;/h5-6,8,11H,3-4,7,16H2,1-2H3;1H. The van der Waals surface area contributed by atoms with Crippen molar-refractivity contribution in [2.45, 2.75) is 23.8 Å². The Labute approximate surface area is 150 Å². The van der Waals surface area contributed by atoms with Gasteiger partial charge < -0.3 is 10.5 Å². The van der Waals surface area contributed by atoms with Crippen LogP contribution in [0.1, 0.15) is 12.8 Å². The van der Waals surface area contributed by atoms with Gasteiger partial charge in [0, 0.05) is 24.7 Å². The Hall–Kier alpha value is -0.0500. The van der Waals surface area contributed by atoms with E-state index in [1.165, 1.54) is 17.5 Å². The quantitative estimate of drug-likeness (QED) is 0.748. The zero-order chi connectivity index (χ0) is 15.8. The Morgan fingerprint density at radius 3 is 2.55 bits per heavy atom. The number of methoxy groups -OCH3 is 1. The van der Waals surface area contributed by atoms with E-state index in [4.69, 9.17) is 22.1 Å². The van der Waals surface area contributed by atoms with E-state index in [0.717, 1.165) is 12.8 Å². The molecule has 2 rings (SSSR count).